The highest BCUT2D eigenvalue weighted by molar-refractivity contribution is 9.10. The summed E-state index contributed by atoms with van der Waals surface area (Å²) in [7, 11) is 2.09. The molecule has 1 aliphatic rings. The van der Waals surface area contributed by atoms with Crippen LogP contribution in [0.1, 0.15) is 60.9 Å². The summed E-state index contributed by atoms with van der Waals surface area (Å²) in [5.74, 6) is 0.242. The van der Waals surface area contributed by atoms with E-state index in [2.05, 4.69) is 55.5 Å². The molecule has 1 aliphatic heterocycles. The predicted molar refractivity (Wildman–Crippen MR) is 98.3 cm³/mol. The Morgan fingerprint density at radius 1 is 1.40 bits per heavy atom. The first-order chi connectivity index (χ1) is 11.7. The minimum atomic E-state index is -0.303. The maximum Gasteiger partial charge on any atom is 0.293 e. The van der Waals surface area contributed by atoms with Gasteiger partial charge in [-0.15, -0.1) is 0 Å². The zero-order valence-corrected chi connectivity index (χ0v) is 16.6. The van der Waals surface area contributed by atoms with Gasteiger partial charge in [0.15, 0.2) is 0 Å². The van der Waals surface area contributed by atoms with Crippen LogP contribution in [0.2, 0.25) is 0 Å². The topological polar surface area (TPSA) is 71.3 Å². The van der Waals surface area contributed by atoms with Crippen LogP contribution in [0.25, 0.3) is 0 Å². The fourth-order valence-corrected chi connectivity index (χ4v) is 3.33. The van der Waals surface area contributed by atoms with Crippen LogP contribution in [0, 0.1) is 0 Å². The number of nitrogens with zero attached hydrogens (tertiary/aromatic N) is 3. The highest BCUT2D eigenvalue weighted by atomic mass is 79.9. The van der Waals surface area contributed by atoms with Crippen molar-refractivity contribution in [1.29, 1.82) is 0 Å². The van der Waals surface area contributed by atoms with Crippen LogP contribution in [0.3, 0.4) is 0 Å². The lowest BCUT2D eigenvalue weighted by Crippen LogP contribution is -2.30. The molecule has 0 aliphatic carbocycles. The quantitative estimate of drug-likeness (QED) is 0.826. The minimum Gasteiger partial charge on any atom is -0.342 e. The van der Waals surface area contributed by atoms with Crippen LogP contribution >= 0.6 is 15.9 Å². The molecule has 25 heavy (non-hydrogen) atoms. The molecule has 1 aromatic carbocycles. The lowest BCUT2D eigenvalue weighted by molar-refractivity contribution is 0.0920. The van der Waals surface area contributed by atoms with E-state index < -0.39 is 0 Å². The van der Waals surface area contributed by atoms with Crippen molar-refractivity contribution in [3.63, 3.8) is 0 Å². The number of rotatable bonds is 2. The molecular formula is C18H23BrN4O2. The molecule has 0 saturated carbocycles. The number of carbonyl (C=O) groups is 1. The molecule has 0 radical (unpaired) electrons. The van der Waals surface area contributed by atoms with Crippen LogP contribution in [0.5, 0.6) is 0 Å². The van der Waals surface area contributed by atoms with Gasteiger partial charge in [-0.3, -0.25) is 4.79 Å². The smallest absolute Gasteiger partial charge is 0.293 e. The van der Waals surface area contributed by atoms with E-state index in [9.17, 15) is 4.79 Å². The van der Waals surface area contributed by atoms with Gasteiger partial charge in [-0.2, -0.15) is 4.98 Å². The monoisotopic (exact) mass is 406 g/mol. The molecule has 6 nitrogen and oxygen atoms in total. The van der Waals surface area contributed by atoms with E-state index in [1.54, 1.807) is 0 Å². The summed E-state index contributed by atoms with van der Waals surface area (Å²) in [6, 6.07) is 6.12. The van der Waals surface area contributed by atoms with Crippen molar-refractivity contribution < 1.29 is 9.32 Å². The van der Waals surface area contributed by atoms with E-state index in [1.165, 1.54) is 5.56 Å². The number of hydrogen-bond acceptors (Lipinski definition) is 5. The Labute approximate surface area is 156 Å². The molecule has 3 rings (SSSR count). The Kier molecular flexibility index (Phi) is 4.97. The third kappa shape index (κ3) is 4.10. The molecule has 7 heteroatoms. The lowest BCUT2D eigenvalue weighted by atomic mass is 9.97. The molecule has 1 atom stereocenters. The Balaban J connectivity index is 1.82. The Bertz CT molecular complexity index is 782. The predicted octanol–water partition coefficient (Wildman–Crippen LogP) is 3.44. The maximum absolute atomic E-state index is 12.6. The molecule has 134 valence electrons. The number of nitrogens with one attached hydrogen (secondary N) is 1. The number of fused-ring (bicyclic) bond motifs is 1. The van der Waals surface area contributed by atoms with E-state index in [-0.39, 0.29) is 23.2 Å². The number of amides is 1. The Morgan fingerprint density at radius 3 is 2.84 bits per heavy atom. The average molecular weight is 407 g/mol. The molecule has 1 aromatic heterocycles. The first-order valence-corrected chi connectivity index (χ1v) is 9.15. The van der Waals surface area contributed by atoms with Gasteiger partial charge in [0, 0.05) is 23.0 Å². The molecule has 0 fully saturated rings. The summed E-state index contributed by atoms with van der Waals surface area (Å²) < 4.78 is 6.27. The fourth-order valence-electron chi connectivity index (χ4n) is 2.92. The number of benzene rings is 1. The van der Waals surface area contributed by atoms with Crippen LogP contribution in [-0.4, -0.2) is 34.5 Å². The summed E-state index contributed by atoms with van der Waals surface area (Å²) in [6.07, 6.45) is 0.834. The summed E-state index contributed by atoms with van der Waals surface area (Å²) in [5.41, 5.74) is 2.07. The number of hydrogen-bond donors (Lipinski definition) is 1. The van der Waals surface area contributed by atoms with Crippen molar-refractivity contribution >= 4 is 21.8 Å². The van der Waals surface area contributed by atoms with E-state index in [1.807, 2.05) is 26.8 Å². The van der Waals surface area contributed by atoms with E-state index in [4.69, 9.17) is 4.52 Å². The minimum absolute atomic E-state index is 0.0721. The molecule has 2 heterocycles. The van der Waals surface area contributed by atoms with E-state index >= 15 is 0 Å². The van der Waals surface area contributed by atoms with Crippen molar-refractivity contribution in [1.82, 2.24) is 20.4 Å². The van der Waals surface area contributed by atoms with E-state index in [0.29, 0.717) is 5.89 Å². The molecule has 1 N–H and O–H groups in total. The summed E-state index contributed by atoms with van der Waals surface area (Å²) >= 11 is 3.53. The van der Waals surface area contributed by atoms with Crippen LogP contribution in [0.4, 0.5) is 0 Å². The second kappa shape index (κ2) is 6.88. The number of halogens is 1. The van der Waals surface area contributed by atoms with Crippen LogP contribution in [-0.2, 0) is 12.0 Å². The first-order valence-electron chi connectivity index (χ1n) is 8.36. The molecule has 2 aromatic rings. The van der Waals surface area contributed by atoms with Gasteiger partial charge in [0.25, 0.3) is 11.7 Å². The molecular weight excluding hydrogens is 384 g/mol. The van der Waals surface area contributed by atoms with Crippen molar-refractivity contribution in [2.24, 2.45) is 0 Å². The van der Waals surface area contributed by atoms with Crippen molar-refractivity contribution in [3.8, 4) is 0 Å². The number of carbonyl (C=O) groups excluding carboxylic acids is 1. The van der Waals surface area contributed by atoms with Crippen molar-refractivity contribution in [2.75, 3.05) is 13.6 Å². The lowest BCUT2D eigenvalue weighted by Gasteiger charge is -2.18. The Hall–Kier alpha value is -1.73. The fraction of sp³-hybridized carbons (Fsp3) is 0.500. The zero-order chi connectivity index (χ0) is 18.2. The third-order valence-corrected chi connectivity index (χ3v) is 4.79. The van der Waals surface area contributed by atoms with Gasteiger partial charge in [0.1, 0.15) is 0 Å². The van der Waals surface area contributed by atoms with Gasteiger partial charge in [-0.05, 0) is 36.7 Å². The largest absolute Gasteiger partial charge is 0.342 e. The van der Waals surface area contributed by atoms with Gasteiger partial charge in [0.2, 0.25) is 5.89 Å². The molecule has 1 amide bonds. The molecule has 0 bridgehead atoms. The number of aromatic nitrogens is 2. The summed E-state index contributed by atoms with van der Waals surface area (Å²) in [6.45, 7) is 7.67. The average Bonchev–Trinajstić information content (AvgIpc) is 2.97. The third-order valence-electron chi connectivity index (χ3n) is 4.30. The Morgan fingerprint density at radius 2 is 2.16 bits per heavy atom. The first kappa shape index (κ1) is 18.1. The maximum atomic E-state index is 12.6. The summed E-state index contributed by atoms with van der Waals surface area (Å²) in [4.78, 5) is 19.1. The second-order valence-corrected chi connectivity index (χ2v) is 8.48. The highest BCUT2D eigenvalue weighted by Gasteiger charge is 2.27. The van der Waals surface area contributed by atoms with Gasteiger partial charge in [-0.1, -0.05) is 47.9 Å². The molecule has 0 spiro atoms. The zero-order valence-electron chi connectivity index (χ0n) is 15.0. The van der Waals surface area contributed by atoms with Crippen molar-refractivity contribution in [3.05, 3.63) is 45.5 Å². The normalized spacial score (nSPS) is 18.5. The van der Waals surface area contributed by atoms with Gasteiger partial charge in [-0.25, -0.2) is 0 Å². The molecule has 0 saturated heterocycles. The van der Waals surface area contributed by atoms with Crippen LogP contribution in [0.15, 0.2) is 27.2 Å². The molecule has 0 unspecified atom stereocenters. The van der Waals surface area contributed by atoms with Gasteiger partial charge < -0.3 is 14.7 Å². The van der Waals surface area contributed by atoms with Crippen molar-refractivity contribution in [2.45, 2.75) is 45.2 Å². The SMILES string of the molecule is CN1CC[C@@H](NC(=O)c2noc(C(C)(C)C)n2)c2ccc(Br)cc2C1. The second-order valence-electron chi connectivity index (χ2n) is 7.57. The summed E-state index contributed by atoms with van der Waals surface area (Å²) in [5, 5.41) is 6.91. The standard InChI is InChI=1S/C18H23BrN4O2/c1-18(2,3)17-21-15(22-25-17)16(24)20-14-7-8-23(4)10-11-9-12(19)5-6-13(11)14/h5-6,9,14H,7-8,10H2,1-4H3,(H,20,24)/t14-/m1/s1. The highest BCUT2D eigenvalue weighted by Crippen LogP contribution is 2.29. The van der Waals surface area contributed by atoms with Gasteiger partial charge >= 0.3 is 0 Å². The van der Waals surface area contributed by atoms with Gasteiger partial charge in [0.05, 0.1) is 6.04 Å². The van der Waals surface area contributed by atoms with Crippen LogP contribution < -0.4 is 5.32 Å². The van der Waals surface area contributed by atoms with E-state index in [0.717, 1.165) is 29.5 Å².